The largest absolute Gasteiger partial charge is 0.394 e. The van der Waals surface area contributed by atoms with E-state index in [-0.39, 0.29) is 0 Å². The molecule has 0 radical (unpaired) electrons. The first-order chi connectivity index (χ1) is 15.6. The molecular formula is C16H32N4O8. The van der Waals surface area contributed by atoms with Gasteiger partial charge in [0.1, 0.15) is 11.1 Å². The monoisotopic (exact) mass is 424 g/mol. The van der Waals surface area contributed by atoms with E-state index >= 15 is 0 Å². The lowest BCUT2D eigenvalue weighted by Crippen LogP contribution is -2.61. The van der Waals surface area contributed by atoms with Crippen LogP contribution in [0.4, 0.5) is 0 Å². The van der Waals surface area contributed by atoms with Crippen molar-refractivity contribution < 1.29 is 51.2 Å². The van der Waals surface area contributed by atoms with Crippen LogP contribution < -0.4 is 10.6 Å². The van der Waals surface area contributed by atoms with E-state index in [1.54, 1.807) is 10.6 Å². The third-order valence-corrected chi connectivity index (χ3v) is 3.55. The summed E-state index contributed by atoms with van der Waals surface area (Å²) in [6.07, 6.45) is 0. The van der Waals surface area contributed by atoms with Crippen molar-refractivity contribution in [1.29, 1.82) is 0 Å². The molecule has 12 nitrogen and oxygen atoms in total. The molecular weight excluding hydrogens is 376 g/mol. The fraction of sp³-hybridized carbons (Fsp3) is 0.875. The fourth-order valence-corrected chi connectivity index (χ4v) is 1.42. The van der Waals surface area contributed by atoms with Crippen LogP contribution in [0.15, 0.2) is 10.2 Å². The average Bonchev–Trinajstić information content (AvgIpc) is 2.64. The van der Waals surface area contributed by atoms with Gasteiger partial charge in [0, 0.05) is 0 Å². The molecule has 0 aromatic carbocycles. The highest BCUT2D eigenvalue weighted by atomic mass is 16.3. The molecule has 0 aromatic rings. The maximum absolute atomic E-state index is 12.7. The van der Waals surface area contributed by atoms with E-state index in [0.29, 0.717) is 0 Å². The molecule has 12 heteroatoms. The van der Waals surface area contributed by atoms with Crippen molar-refractivity contribution in [1.82, 2.24) is 10.6 Å². The number of amides is 2. The smallest absolute Gasteiger partial charge is 0.249 e. The fourth-order valence-electron chi connectivity index (χ4n) is 1.42. The number of carbonyl (C=O) groups excluding carboxylic acids is 2. The van der Waals surface area contributed by atoms with E-state index in [1.165, 1.54) is 0 Å². The minimum absolute atomic E-state index is 1.03. The highest BCUT2D eigenvalue weighted by molar-refractivity contribution is 5.87. The predicted octanol–water partition coefficient (Wildman–Crippen LogP) is -3.34. The lowest BCUT2D eigenvalue weighted by atomic mass is 9.98. The van der Waals surface area contributed by atoms with Crippen LogP contribution in [-0.4, -0.2) is 104 Å². The van der Waals surface area contributed by atoms with Crippen LogP contribution in [0, 0.1) is 0 Å². The average molecular weight is 425 g/mol. The molecule has 0 aliphatic rings. The Morgan fingerprint density at radius 3 is 1.14 bits per heavy atom. The minimum Gasteiger partial charge on any atom is -0.394 e. The van der Waals surface area contributed by atoms with E-state index in [0.717, 1.165) is 27.7 Å². The Hall–Kier alpha value is -1.70. The molecule has 0 aliphatic heterocycles. The van der Waals surface area contributed by atoms with E-state index in [1.807, 2.05) is 0 Å². The molecule has 28 heavy (non-hydrogen) atoms. The molecule has 0 unspecified atom stereocenters. The Labute approximate surface area is 174 Å². The van der Waals surface area contributed by atoms with Gasteiger partial charge < -0.3 is 41.3 Å². The summed E-state index contributed by atoms with van der Waals surface area (Å²) < 4.78 is 58.9. The van der Waals surface area contributed by atoms with E-state index in [2.05, 4.69) is 10.2 Å². The number of aliphatic hydroxyl groups is 6. The molecule has 8 N–H and O–H groups in total. The Morgan fingerprint density at radius 1 is 0.714 bits per heavy atom. The van der Waals surface area contributed by atoms with Gasteiger partial charge in [0.15, 0.2) is 11.1 Å². The van der Waals surface area contributed by atoms with Gasteiger partial charge in [-0.1, -0.05) is 0 Å². The number of rotatable bonds is 12. The summed E-state index contributed by atoms with van der Waals surface area (Å²) in [6, 6.07) is 0. The first-order valence-corrected chi connectivity index (χ1v) is 7.79. The number of hydrogen-bond donors (Lipinski definition) is 8. The van der Waals surface area contributed by atoms with Gasteiger partial charge in [-0.05, 0) is 27.7 Å². The van der Waals surface area contributed by atoms with Crippen LogP contribution in [0.1, 0.15) is 38.7 Å². The molecule has 0 spiro atoms. The maximum Gasteiger partial charge on any atom is 0.249 e. The second-order valence-corrected chi connectivity index (χ2v) is 6.80. The zero-order valence-electron chi connectivity index (χ0n) is 23.8. The number of nitrogens with zero attached hydrogens (tertiary/aromatic N) is 2. The SMILES string of the molecule is [3H]C([3H])(O)C(CO)(NC(=O)C(C)(C)N=NC(C)(C)C(=O)NC(CO)(C([3H])([3H])O)C([3H])([3H])O)C([3H])([3H])O. The third kappa shape index (κ3) is 6.43. The minimum atomic E-state index is -3.69. The Bertz CT molecular complexity index is 751. The van der Waals surface area contributed by atoms with Crippen LogP contribution in [0.5, 0.6) is 0 Å². The van der Waals surface area contributed by atoms with Gasteiger partial charge in [0.25, 0.3) is 0 Å². The van der Waals surface area contributed by atoms with Gasteiger partial charge in [0.2, 0.25) is 11.8 Å². The molecule has 0 fully saturated rings. The molecule has 0 atom stereocenters. The maximum atomic E-state index is 12.7. The summed E-state index contributed by atoms with van der Waals surface area (Å²) in [5.74, 6) is -2.79. The Morgan fingerprint density at radius 2 is 0.964 bits per heavy atom. The highest BCUT2D eigenvalue weighted by Gasteiger charge is 2.39. The topological polar surface area (TPSA) is 204 Å². The third-order valence-electron chi connectivity index (χ3n) is 3.55. The lowest BCUT2D eigenvalue weighted by Gasteiger charge is -2.33. The molecule has 0 aliphatic carbocycles. The van der Waals surface area contributed by atoms with Crippen molar-refractivity contribution in [2.75, 3.05) is 39.4 Å². The second-order valence-electron chi connectivity index (χ2n) is 6.80. The van der Waals surface area contributed by atoms with Gasteiger partial charge in [-0.3, -0.25) is 9.59 Å². The summed E-state index contributed by atoms with van der Waals surface area (Å²) in [5.41, 5.74) is -10.8. The van der Waals surface area contributed by atoms with Gasteiger partial charge >= 0.3 is 0 Å². The van der Waals surface area contributed by atoms with Gasteiger partial charge in [-0.25, -0.2) is 0 Å². The molecule has 0 saturated carbocycles. The van der Waals surface area contributed by atoms with E-state index in [4.69, 9.17) is 11.0 Å². The van der Waals surface area contributed by atoms with Gasteiger partial charge in [-0.15, -0.1) is 0 Å². The van der Waals surface area contributed by atoms with Crippen molar-refractivity contribution in [2.24, 2.45) is 10.2 Å². The Kier molecular flexibility index (Phi) is 5.52. The van der Waals surface area contributed by atoms with Gasteiger partial charge in [0.05, 0.1) is 50.4 Å². The molecule has 0 saturated heterocycles. The van der Waals surface area contributed by atoms with E-state index in [9.17, 15) is 40.2 Å². The second kappa shape index (κ2) is 10.2. The van der Waals surface area contributed by atoms with Crippen molar-refractivity contribution in [3.63, 3.8) is 0 Å². The first kappa shape index (κ1) is 15.2. The lowest BCUT2D eigenvalue weighted by molar-refractivity contribution is -0.131. The van der Waals surface area contributed by atoms with Crippen molar-refractivity contribution in [2.45, 2.75) is 49.9 Å². The number of nitrogens with one attached hydrogen (secondary N) is 2. The van der Waals surface area contributed by atoms with Crippen LogP contribution in [0.3, 0.4) is 0 Å². The summed E-state index contributed by atoms with van der Waals surface area (Å²) in [7, 11) is 0. The molecule has 2 amide bonds. The predicted molar refractivity (Wildman–Crippen MR) is 97.3 cm³/mol. The van der Waals surface area contributed by atoms with Gasteiger partial charge in [-0.2, -0.15) is 10.2 Å². The standard InChI is InChI=1S/C16H32N4O8/c1-13(2,11(27)17-15(5-21,6-22)7-23)19-20-14(3,4)12(28)18-16(8-24,9-25)10-26/h21-26H,5-10H2,1-4H3,(H,17,27)(H,18,28)/i5T2,6T2,8T2,9T2. The normalized spacial score (nSPS) is 19.9. The number of carbonyl (C=O) groups is 2. The zero-order chi connectivity index (χ0) is 29.4. The van der Waals surface area contributed by atoms with Crippen molar-refractivity contribution >= 4 is 11.8 Å². The zero-order valence-corrected chi connectivity index (χ0v) is 15.8. The number of hydrogen-bond acceptors (Lipinski definition) is 10. The summed E-state index contributed by atoms with van der Waals surface area (Å²) in [5, 5.41) is 68.4. The highest BCUT2D eigenvalue weighted by Crippen LogP contribution is 2.19. The van der Waals surface area contributed by atoms with Crippen molar-refractivity contribution in [3.05, 3.63) is 0 Å². The molecule has 0 rings (SSSR count). The quantitative estimate of drug-likeness (QED) is 0.148. The summed E-state index contributed by atoms with van der Waals surface area (Å²) in [4.78, 5) is 25.5. The van der Waals surface area contributed by atoms with Crippen LogP contribution >= 0.6 is 0 Å². The number of azo groups is 1. The van der Waals surface area contributed by atoms with Crippen LogP contribution in [-0.2, 0) is 9.59 Å². The first-order valence-electron chi connectivity index (χ1n) is 11.8. The van der Waals surface area contributed by atoms with Crippen molar-refractivity contribution in [3.8, 4) is 0 Å². The molecule has 164 valence electrons. The summed E-state index contributed by atoms with van der Waals surface area (Å²) in [6.45, 7) is -13.9. The molecule has 0 aromatic heterocycles. The Balaban J connectivity index is 6.18. The van der Waals surface area contributed by atoms with E-state index < -0.39 is 73.4 Å². The van der Waals surface area contributed by atoms with Crippen LogP contribution in [0.25, 0.3) is 0 Å². The summed E-state index contributed by atoms with van der Waals surface area (Å²) >= 11 is 0. The van der Waals surface area contributed by atoms with Crippen LogP contribution in [0.2, 0.25) is 0 Å². The molecule has 0 heterocycles. The molecule has 0 bridgehead atoms. The number of aliphatic hydroxyl groups excluding tert-OH is 2.